The topological polar surface area (TPSA) is 35.6 Å². The molecule has 4 nitrogen and oxygen atoms in total. The Hall–Kier alpha value is -10.2. The van der Waals surface area contributed by atoms with E-state index in [1.165, 1.54) is 63.3 Å². The predicted molar refractivity (Wildman–Crippen MR) is 349 cm³/mol. The summed E-state index contributed by atoms with van der Waals surface area (Å²) in [6, 6.07) is 121. The van der Waals surface area contributed by atoms with Crippen molar-refractivity contribution < 1.29 is 0 Å². The maximum absolute atomic E-state index is 5.75. The summed E-state index contributed by atoms with van der Waals surface area (Å²) in [5.41, 5.74) is 8.42. The molecule has 3 aromatic heterocycles. The number of benzene rings is 12. The molecule has 6 heteroatoms. The Morgan fingerprint density at radius 1 is 0.232 bits per heavy atom. The van der Waals surface area contributed by atoms with Crippen molar-refractivity contribution in [3.63, 3.8) is 0 Å². The standard InChI is InChI=1S/C76H54N4Si2/c1-7-29-58(30-8-1)81(59-31-9-2-10-32-59,60-33-11-3-12-34-60)64-41-25-27-55(51-64)70-54-75(80-73-48-24-21-45-68(73)69-53-57(49-50-74(69)80)79-71-46-22-19-43-66(71)67-44-20-23-47-72(67)79)78-76(77-70)56-28-26-42-65(52-56)82(61-35-13-4-14-36-61,62-37-15-5-16-38-62)63-39-17-6-18-40-63/h1-54H. The highest BCUT2D eigenvalue weighted by Gasteiger charge is 2.43. The van der Waals surface area contributed by atoms with Gasteiger partial charge in [0.25, 0.3) is 0 Å². The normalized spacial score (nSPS) is 11.9. The van der Waals surface area contributed by atoms with Gasteiger partial charge in [0.05, 0.1) is 27.8 Å². The van der Waals surface area contributed by atoms with Gasteiger partial charge < -0.3 is 4.57 Å². The van der Waals surface area contributed by atoms with Crippen LogP contribution in [0.1, 0.15) is 0 Å². The zero-order valence-electron chi connectivity index (χ0n) is 45.0. The highest BCUT2D eigenvalue weighted by Crippen LogP contribution is 2.38. The predicted octanol–water partition coefficient (Wildman–Crippen LogP) is 12.8. The van der Waals surface area contributed by atoms with E-state index >= 15 is 0 Å². The first kappa shape index (κ1) is 48.8. The highest BCUT2D eigenvalue weighted by molar-refractivity contribution is 7.20. The summed E-state index contributed by atoms with van der Waals surface area (Å²) in [6.45, 7) is 0. The number of fused-ring (bicyclic) bond motifs is 6. The van der Waals surface area contributed by atoms with Crippen LogP contribution < -0.4 is 41.5 Å². The fourth-order valence-electron chi connectivity index (χ4n) is 13.3. The van der Waals surface area contributed by atoms with Crippen molar-refractivity contribution in [2.75, 3.05) is 0 Å². The Kier molecular flexibility index (Phi) is 12.2. The number of hydrogen-bond donors (Lipinski definition) is 0. The summed E-state index contributed by atoms with van der Waals surface area (Å²) < 4.78 is 4.76. The molecule has 0 radical (unpaired) electrons. The second-order valence-electron chi connectivity index (χ2n) is 21.2. The van der Waals surface area contributed by atoms with Gasteiger partial charge in [-0.05, 0) is 77.9 Å². The minimum Gasteiger partial charge on any atom is -0.309 e. The number of rotatable bonds is 12. The first-order chi connectivity index (χ1) is 40.7. The summed E-state index contributed by atoms with van der Waals surface area (Å²) in [4.78, 5) is 11.5. The van der Waals surface area contributed by atoms with Crippen molar-refractivity contribution in [2.24, 2.45) is 0 Å². The van der Waals surface area contributed by atoms with Crippen LogP contribution in [0.3, 0.4) is 0 Å². The molecule has 0 bridgehead atoms. The highest BCUT2D eigenvalue weighted by atomic mass is 28.3. The fourth-order valence-corrected chi connectivity index (χ4v) is 22.9. The van der Waals surface area contributed by atoms with E-state index in [-0.39, 0.29) is 0 Å². The minimum atomic E-state index is -2.93. The van der Waals surface area contributed by atoms with Crippen molar-refractivity contribution in [3.8, 4) is 34.2 Å². The summed E-state index contributed by atoms with van der Waals surface area (Å²) >= 11 is 0. The van der Waals surface area contributed by atoms with E-state index in [0.29, 0.717) is 5.82 Å². The monoisotopic (exact) mass is 1080 g/mol. The lowest BCUT2D eigenvalue weighted by Gasteiger charge is -2.34. The van der Waals surface area contributed by atoms with Crippen LogP contribution >= 0.6 is 0 Å². The summed E-state index contributed by atoms with van der Waals surface area (Å²) in [5, 5.41) is 15.2. The van der Waals surface area contributed by atoms with Crippen LogP contribution in [0, 0.1) is 0 Å². The molecular weight excluding hydrogens is 1030 g/mol. The van der Waals surface area contributed by atoms with Crippen molar-refractivity contribution in [3.05, 3.63) is 328 Å². The zero-order chi connectivity index (χ0) is 54.5. The second-order valence-corrected chi connectivity index (χ2v) is 28.8. The van der Waals surface area contributed by atoms with Gasteiger partial charge in [0.2, 0.25) is 0 Å². The zero-order valence-corrected chi connectivity index (χ0v) is 47.0. The van der Waals surface area contributed by atoms with Crippen LogP contribution in [0.15, 0.2) is 328 Å². The Bertz CT molecular complexity index is 4360. The first-order valence-corrected chi connectivity index (χ1v) is 32.1. The summed E-state index contributed by atoms with van der Waals surface area (Å²) in [5.74, 6) is 1.45. The molecule has 0 saturated heterocycles. The molecule has 82 heavy (non-hydrogen) atoms. The van der Waals surface area contributed by atoms with E-state index in [1.54, 1.807) is 0 Å². The second kappa shape index (κ2) is 20.4. The number of nitrogens with zero attached hydrogens (tertiary/aromatic N) is 4. The molecule has 15 aromatic rings. The van der Waals surface area contributed by atoms with Crippen molar-refractivity contribution in [2.45, 2.75) is 0 Å². The number of hydrogen-bond acceptors (Lipinski definition) is 2. The molecule has 3 heterocycles. The molecule has 0 amide bonds. The van der Waals surface area contributed by atoms with Crippen LogP contribution in [0.2, 0.25) is 0 Å². The lowest BCUT2D eigenvalue weighted by Crippen LogP contribution is -2.74. The third kappa shape index (κ3) is 7.94. The van der Waals surface area contributed by atoms with Crippen molar-refractivity contribution in [1.82, 2.24) is 19.1 Å². The molecule has 0 spiro atoms. The molecule has 0 atom stereocenters. The van der Waals surface area contributed by atoms with E-state index < -0.39 is 16.1 Å². The average Bonchev–Trinajstić information content (AvgIpc) is 2.60. The van der Waals surface area contributed by atoms with E-state index in [2.05, 4.69) is 337 Å². The van der Waals surface area contributed by atoms with E-state index in [4.69, 9.17) is 9.97 Å². The Morgan fingerprint density at radius 3 is 1.01 bits per heavy atom. The molecule has 0 saturated carbocycles. The molecule has 0 aliphatic rings. The van der Waals surface area contributed by atoms with Crippen molar-refractivity contribution in [1.29, 1.82) is 0 Å². The molecular formula is C76H54N4Si2. The number of para-hydroxylation sites is 3. The maximum atomic E-state index is 5.75. The third-order valence-electron chi connectivity index (χ3n) is 16.8. The third-order valence-corrected chi connectivity index (χ3v) is 26.4. The van der Waals surface area contributed by atoms with Gasteiger partial charge in [0.15, 0.2) is 22.0 Å². The van der Waals surface area contributed by atoms with Crippen molar-refractivity contribution >= 4 is 101 Å². The van der Waals surface area contributed by atoms with Gasteiger partial charge in [-0.2, -0.15) is 0 Å². The molecule has 0 fully saturated rings. The van der Waals surface area contributed by atoms with Crippen LogP contribution in [0.25, 0.3) is 77.8 Å². The van der Waals surface area contributed by atoms with Gasteiger partial charge in [0, 0.05) is 44.4 Å². The molecule has 15 rings (SSSR count). The van der Waals surface area contributed by atoms with Gasteiger partial charge in [-0.25, -0.2) is 9.97 Å². The molecule has 0 unspecified atom stereocenters. The van der Waals surface area contributed by atoms with E-state index in [1.807, 2.05) is 0 Å². The summed E-state index contributed by atoms with van der Waals surface area (Å²) in [6.07, 6.45) is 0. The molecule has 0 N–H and O–H groups in total. The fraction of sp³-hybridized carbons (Fsp3) is 0. The number of aromatic nitrogens is 4. The maximum Gasteiger partial charge on any atom is 0.179 e. The molecule has 12 aromatic carbocycles. The first-order valence-electron chi connectivity index (χ1n) is 28.1. The lowest BCUT2D eigenvalue weighted by atomic mass is 10.1. The van der Waals surface area contributed by atoms with Crippen LogP contribution in [0.5, 0.6) is 0 Å². The van der Waals surface area contributed by atoms with Gasteiger partial charge in [-0.1, -0.05) is 285 Å². The largest absolute Gasteiger partial charge is 0.309 e. The van der Waals surface area contributed by atoms with Gasteiger partial charge in [-0.3, -0.25) is 4.57 Å². The van der Waals surface area contributed by atoms with Gasteiger partial charge in [-0.15, -0.1) is 0 Å². The lowest BCUT2D eigenvalue weighted by molar-refractivity contribution is 1.05. The van der Waals surface area contributed by atoms with Gasteiger partial charge in [0.1, 0.15) is 5.82 Å². The molecule has 386 valence electrons. The average molecular weight is 1080 g/mol. The van der Waals surface area contributed by atoms with E-state index in [0.717, 1.165) is 50.1 Å². The van der Waals surface area contributed by atoms with Crippen LogP contribution in [0.4, 0.5) is 0 Å². The summed E-state index contributed by atoms with van der Waals surface area (Å²) in [7, 11) is -5.84. The van der Waals surface area contributed by atoms with Gasteiger partial charge >= 0.3 is 0 Å². The van der Waals surface area contributed by atoms with Crippen LogP contribution in [-0.4, -0.2) is 35.2 Å². The Morgan fingerprint density at radius 2 is 0.573 bits per heavy atom. The molecule has 0 aliphatic heterocycles. The minimum absolute atomic E-state index is 0.655. The quantitative estimate of drug-likeness (QED) is 0.0903. The Labute approximate surface area is 479 Å². The Balaban J connectivity index is 0.991. The van der Waals surface area contributed by atoms with E-state index in [9.17, 15) is 0 Å². The SMILES string of the molecule is c1ccc([Si](c2ccccc2)(c2ccccc2)c2cccc(-c3cc(-n4c5ccccc5c5cc(-n6c7ccccc7c7ccccc76)ccc54)nc(-c4cccc([Si](c5ccccc5)(c5ccccc5)c5ccccc5)c4)n3)c2)cc1. The smallest absolute Gasteiger partial charge is 0.179 e. The van der Waals surface area contributed by atoms with Crippen LogP contribution in [-0.2, 0) is 0 Å². The molecule has 0 aliphatic carbocycles.